The van der Waals surface area contributed by atoms with Gasteiger partial charge in [0.1, 0.15) is 5.82 Å². The van der Waals surface area contributed by atoms with Crippen LogP contribution in [0.2, 0.25) is 0 Å². The summed E-state index contributed by atoms with van der Waals surface area (Å²) < 4.78 is 0. The van der Waals surface area contributed by atoms with Crippen LogP contribution in [0.25, 0.3) is 0 Å². The Morgan fingerprint density at radius 3 is 2.44 bits per heavy atom. The Morgan fingerprint density at radius 2 is 1.80 bits per heavy atom. The minimum Gasteiger partial charge on any atom is -0.357 e. The zero-order chi connectivity index (χ0) is 17.5. The summed E-state index contributed by atoms with van der Waals surface area (Å²) in [6.45, 7) is 10.5. The van der Waals surface area contributed by atoms with Crippen molar-refractivity contribution in [2.24, 2.45) is 0 Å². The van der Waals surface area contributed by atoms with Crippen molar-refractivity contribution in [3.05, 3.63) is 23.9 Å². The molecule has 6 nitrogen and oxygen atoms in total. The molecule has 1 aromatic rings. The Kier molecular flexibility index (Phi) is 6.64. The van der Waals surface area contributed by atoms with Crippen molar-refractivity contribution in [2.45, 2.75) is 32.7 Å². The van der Waals surface area contributed by atoms with E-state index in [1.54, 1.807) is 0 Å². The van der Waals surface area contributed by atoms with Crippen LogP contribution < -0.4 is 10.2 Å². The fourth-order valence-corrected chi connectivity index (χ4v) is 3.53. The number of hydrogen-bond donors (Lipinski definition) is 1. The first-order valence-electron chi connectivity index (χ1n) is 9.66. The Balaban J connectivity index is 1.40. The fraction of sp³-hybridized carbons (Fsp3) is 0.684. The molecule has 6 heteroatoms. The fourth-order valence-electron chi connectivity index (χ4n) is 3.53. The van der Waals surface area contributed by atoms with Crippen LogP contribution in [-0.2, 0) is 11.3 Å². The lowest BCUT2D eigenvalue weighted by molar-refractivity contribution is -0.122. The number of carbonyl (C=O) groups excluding carboxylic acids is 1. The van der Waals surface area contributed by atoms with E-state index < -0.39 is 0 Å². The smallest absolute Gasteiger partial charge is 0.234 e. The normalized spacial score (nSPS) is 19.3. The van der Waals surface area contributed by atoms with Crippen molar-refractivity contribution in [1.29, 1.82) is 0 Å². The molecule has 3 rings (SSSR count). The highest BCUT2D eigenvalue weighted by molar-refractivity contribution is 5.77. The van der Waals surface area contributed by atoms with E-state index in [4.69, 9.17) is 0 Å². The van der Waals surface area contributed by atoms with Crippen molar-refractivity contribution >= 4 is 11.7 Å². The molecule has 0 aliphatic carbocycles. The molecule has 0 atom stereocenters. The van der Waals surface area contributed by atoms with Crippen molar-refractivity contribution in [3.8, 4) is 0 Å². The van der Waals surface area contributed by atoms with E-state index in [1.807, 2.05) is 6.20 Å². The molecular formula is C19H31N5O. The van der Waals surface area contributed by atoms with Gasteiger partial charge in [-0.15, -0.1) is 0 Å². The lowest BCUT2D eigenvalue weighted by Gasteiger charge is -2.34. The van der Waals surface area contributed by atoms with Gasteiger partial charge < -0.3 is 10.2 Å². The van der Waals surface area contributed by atoms with E-state index in [9.17, 15) is 4.79 Å². The minimum absolute atomic E-state index is 0.150. The third-order valence-corrected chi connectivity index (χ3v) is 5.05. The van der Waals surface area contributed by atoms with E-state index in [-0.39, 0.29) is 5.91 Å². The summed E-state index contributed by atoms with van der Waals surface area (Å²) >= 11 is 0. The molecule has 2 saturated heterocycles. The molecule has 0 radical (unpaired) electrons. The molecule has 0 aromatic carbocycles. The van der Waals surface area contributed by atoms with Crippen molar-refractivity contribution in [1.82, 2.24) is 20.1 Å². The first-order valence-corrected chi connectivity index (χ1v) is 9.66. The molecule has 2 fully saturated rings. The van der Waals surface area contributed by atoms with Crippen LogP contribution in [0.15, 0.2) is 18.3 Å². The summed E-state index contributed by atoms with van der Waals surface area (Å²) in [6.07, 6.45) is 5.58. The van der Waals surface area contributed by atoms with Crippen LogP contribution in [0.3, 0.4) is 0 Å². The van der Waals surface area contributed by atoms with Gasteiger partial charge in [-0.25, -0.2) is 4.98 Å². The summed E-state index contributed by atoms with van der Waals surface area (Å²) in [6, 6.07) is 4.38. The number of carbonyl (C=O) groups is 1. The van der Waals surface area contributed by atoms with Gasteiger partial charge in [0, 0.05) is 58.6 Å². The average molecular weight is 345 g/mol. The number of piperazine rings is 1. The van der Waals surface area contributed by atoms with Crippen LogP contribution in [0.1, 0.15) is 31.7 Å². The number of aromatic nitrogens is 1. The summed E-state index contributed by atoms with van der Waals surface area (Å²) in [4.78, 5) is 23.5. The van der Waals surface area contributed by atoms with Gasteiger partial charge in [-0.3, -0.25) is 14.6 Å². The maximum atomic E-state index is 11.8. The van der Waals surface area contributed by atoms with E-state index >= 15 is 0 Å². The standard InChI is InChI=1S/C19H31N5O/c1-2-7-20-19(25)16-23-12-10-22(11-13-23)15-17-5-6-18(21-14-17)24-8-3-4-9-24/h5-6,14H,2-4,7-13,15-16H2,1H3,(H,20,25). The van der Waals surface area contributed by atoms with Crippen LogP contribution in [0.4, 0.5) is 5.82 Å². The number of hydrogen-bond acceptors (Lipinski definition) is 5. The third-order valence-electron chi connectivity index (χ3n) is 5.05. The summed E-state index contributed by atoms with van der Waals surface area (Å²) in [5.74, 6) is 1.26. The summed E-state index contributed by atoms with van der Waals surface area (Å²) in [5, 5.41) is 2.95. The van der Waals surface area contributed by atoms with E-state index in [0.29, 0.717) is 6.54 Å². The number of rotatable bonds is 7. The molecule has 3 heterocycles. The molecule has 0 unspecified atom stereocenters. The summed E-state index contributed by atoms with van der Waals surface area (Å²) in [5.41, 5.74) is 1.28. The van der Waals surface area contributed by atoms with E-state index in [2.05, 4.69) is 44.1 Å². The van der Waals surface area contributed by atoms with Crippen LogP contribution in [0.5, 0.6) is 0 Å². The second-order valence-corrected chi connectivity index (χ2v) is 7.12. The quantitative estimate of drug-likeness (QED) is 0.808. The largest absolute Gasteiger partial charge is 0.357 e. The Hall–Kier alpha value is -1.66. The molecule has 0 bridgehead atoms. The molecule has 1 N–H and O–H groups in total. The van der Waals surface area contributed by atoms with Gasteiger partial charge in [0.25, 0.3) is 0 Å². The number of amides is 1. The van der Waals surface area contributed by atoms with Gasteiger partial charge in [0.05, 0.1) is 6.54 Å². The van der Waals surface area contributed by atoms with Crippen molar-refractivity contribution in [3.63, 3.8) is 0 Å². The second-order valence-electron chi connectivity index (χ2n) is 7.12. The van der Waals surface area contributed by atoms with Crippen LogP contribution >= 0.6 is 0 Å². The molecular weight excluding hydrogens is 314 g/mol. The zero-order valence-corrected chi connectivity index (χ0v) is 15.4. The highest BCUT2D eigenvalue weighted by Crippen LogP contribution is 2.18. The van der Waals surface area contributed by atoms with Crippen molar-refractivity contribution in [2.75, 3.05) is 57.3 Å². The Labute approximate surface area is 151 Å². The molecule has 0 saturated carbocycles. The number of pyridine rings is 1. The molecule has 138 valence electrons. The average Bonchev–Trinajstić information content (AvgIpc) is 3.17. The number of nitrogens with one attached hydrogen (secondary N) is 1. The van der Waals surface area contributed by atoms with Gasteiger partial charge in [-0.2, -0.15) is 0 Å². The topological polar surface area (TPSA) is 51.7 Å². The SMILES string of the molecule is CCCNC(=O)CN1CCN(Cc2ccc(N3CCCC3)nc2)CC1. The molecule has 25 heavy (non-hydrogen) atoms. The maximum Gasteiger partial charge on any atom is 0.234 e. The highest BCUT2D eigenvalue weighted by atomic mass is 16.2. The molecule has 1 aromatic heterocycles. The molecule has 2 aliphatic rings. The highest BCUT2D eigenvalue weighted by Gasteiger charge is 2.19. The monoisotopic (exact) mass is 345 g/mol. The number of nitrogens with zero attached hydrogens (tertiary/aromatic N) is 4. The minimum atomic E-state index is 0.150. The van der Waals surface area contributed by atoms with Gasteiger partial charge in [-0.1, -0.05) is 13.0 Å². The number of anilines is 1. The van der Waals surface area contributed by atoms with E-state index in [1.165, 1.54) is 18.4 Å². The van der Waals surface area contributed by atoms with E-state index in [0.717, 1.165) is 64.6 Å². The Morgan fingerprint density at radius 1 is 1.08 bits per heavy atom. The van der Waals surface area contributed by atoms with Gasteiger partial charge >= 0.3 is 0 Å². The van der Waals surface area contributed by atoms with Crippen LogP contribution in [0, 0.1) is 0 Å². The van der Waals surface area contributed by atoms with Crippen molar-refractivity contribution < 1.29 is 4.79 Å². The molecule has 1 amide bonds. The zero-order valence-electron chi connectivity index (χ0n) is 15.4. The summed E-state index contributed by atoms with van der Waals surface area (Å²) in [7, 11) is 0. The third kappa shape index (κ3) is 5.41. The van der Waals surface area contributed by atoms with Crippen LogP contribution in [-0.4, -0.2) is 73.0 Å². The second kappa shape index (κ2) is 9.15. The lowest BCUT2D eigenvalue weighted by Crippen LogP contribution is -2.49. The lowest BCUT2D eigenvalue weighted by atomic mass is 10.2. The van der Waals surface area contributed by atoms with Gasteiger partial charge in [0.15, 0.2) is 0 Å². The molecule has 0 spiro atoms. The van der Waals surface area contributed by atoms with Gasteiger partial charge in [-0.05, 0) is 30.9 Å². The first kappa shape index (κ1) is 18.1. The van der Waals surface area contributed by atoms with Gasteiger partial charge in [0.2, 0.25) is 5.91 Å². The predicted molar refractivity (Wildman–Crippen MR) is 101 cm³/mol. The maximum absolute atomic E-state index is 11.8. The Bertz CT molecular complexity index is 533. The first-order chi connectivity index (χ1) is 12.2. The predicted octanol–water partition coefficient (Wildman–Crippen LogP) is 1.33. The molecule has 2 aliphatic heterocycles.